The summed E-state index contributed by atoms with van der Waals surface area (Å²) in [6.45, 7) is 0. The summed E-state index contributed by atoms with van der Waals surface area (Å²) in [5, 5.41) is 0.794. The molecule has 0 fully saturated rings. The van der Waals surface area contributed by atoms with Crippen LogP contribution in [0, 0.1) is 5.82 Å². The Morgan fingerprint density at radius 2 is 1.14 bits per heavy atom. The minimum absolute atomic E-state index is 0.178. The van der Waals surface area contributed by atoms with Crippen LogP contribution in [0.3, 0.4) is 0 Å². The van der Waals surface area contributed by atoms with Crippen molar-refractivity contribution in [2.75, 3.05) is 0 Å². The maximum absolute atomic E-state index is 11.9. The summed E-state index contributed by atoms with van der Waals surface area (Å²) in [7, 11) is 0. The Morgan fingerprint density at radius 3 is 1.36 bits per heavy atom. The van der Waals surface area contributed by atoms with Crippen LogP contribution >= 0.6 is 11.6 Å². The van der Waals surface area contributed by atoms with Gasteiger partial charge < -0.3 is 0 Å². The van der Waals surface area contributed by atoms with E-state index in [0.717, 1.165) is 5.02 Å². The lowest BCUT2D eigenvalue weighted by molar-refractivity contribution is 0.628. The lowest BCUT2D eigenvalue weighted by atomic mass is 10.4. The van der Waals surface area contributed by atoms with E-state index in [2.05, 4.69) is 0 Å². The molecule has 0 heterocycles. The molecule has 2 heteroatoms. The van der Waals surface area contributed by atoms with Crippen molar-refractivity contribution in [2.45, 2.75) is 0 Å². The van der Waals surface area contributed by atoms with Gasteiger partial charge in [-0.15, -0.1) is 0 Å². The molecule has 0 unspecified atom stereocenters. The van der Waals surface area contributed by atoms with Gasteiger partial charge in [0.15, 0.2) is 0 Å². The van der Waals surface area contributed by atoms with E-state index in [9.17, 15) is 4.39 Å². The van der Waals surface area contributed by atoms with Crippen molar-refractivity contribution in [3.05, 3.63) is 71.5 Å². The van der Waals surface area contributed by atoms with Crippen LogP contribution in [0.15, 0.2) is 60.7 Å². The van der Waals surface area contributed by atoms with Crippen molar-refractivity contribution < 1.29 is 4.39 Å². The van der Waals surface area contributed by atoms with Crippen LogP contribution in [0.2, 0.25) is 5.02 Å². The van der Waals surface area contributed by atoms with E-state index in [4.69, 9.17) is 11.6 Å². The fourth-order valence-corrected chi connectivity index (χ4v) is 0.975. The standard InChI is InChI=1S/C6H5Cl.C6H5F/c2*7-6-4-2-1-3-5-6/h2*1-5H. The molecule has 0 aliphatic carbocycles. The molecule has 2 aromatic rings. The quantitative estimate of drug-likeness (QED) is 0.610. The van der Waals surface area contributed by atoms with Crippen molar-refractivity contribution in [3.8, 4) is 0 Å². The fraction of sp³-hybridized carbons (Fsp3) is 0. The molecular weight excluding hydrogens is 199 g/mol. The molecule has 0 bridgehead atoms. The van der Waals surface area contributed by atoms with Crippen LogP contribution in [-0.2, 0) is 0 Å². The second-order valence-electron chi connectivity index (χ2n) is 2.59. The number of hydrogen-bond acceptors (Lipinski definition) is 0. The zero-order valence-electron chi connectivity index (χ0n) is 7.53. The van der Waals surface area contributed by atoms with Gasteiger partial charge in [0.2, 0.25) is 0 Å². The minimum atomic E-state index is -0.178. The Kier molecular flexibility index (Phi) is 4.73. The normalized spacial score (nSPS) is 8.71. The third-order valence-corrected chi connectivity index (χ3v) is 1.72. The molecule has 0 aromatic heterocycles. The van der Waals surface area contributed by atoms with Crippen molar-refractivity contribution in [3.63, 3.8) is 0 Å². The van der Waals surface area contributed by atoms with Crippen molar-refractivity contribution in [1.29, 1.82) is 0 Å². The molecule has 0 saturated carbocycles. The summed E-state index contributed by atoms with van der Waals surface area (Å²) in [6, 6.07) is 17.4. The Balaban J connectivity index is 0.000000140. The van der Waals surface area contributed by atoms with Gasteiger partial charge in [-0.25, -0.2) is 4.39 Å². The molecule has 0 spiro atoms. The van der Waals surface area contributed by atoms with Gasteiger partial charge in [0.1, 0.15) is 5.82 Å². The smallest absolute Gasteiger partial charge is 0.123 e. The highest BCUT2D eigenvalue weighted by molar-refractivity contribution is 6.30. The number of benzene rings is 2. The third-order valence-electron chi connectivity index (χ3n) is 1.47. The second kappa shape index (κ2) is 6.17. The molecule has 0 aliphatic rings. The number of hydrogen-bond donors (Lipinski definition) is 0. The van der Waals surface area contributed by atoms with Gasteiger partial charge in [-0.1, -0.05) is 48.0 Å². The van der Waals surface area contributed by atoms with Crippen molar-refractivity contribution in [1.82, 2.24) is 0 Å². The van der Waals surface area contributed by atoms with Gasteiger partial charge in [0.25, 0.3) is 0 Å². The summed E-state index contributed by atoms with van der Waals surface area (Å²) in [6.07, 6.45) is 0. The fourth-order valence-electron chi connectivity index (χ4n) is 0.829. The van der Waals surface area contributed by atoms with Crippen LogP contribution in [0.25, 0.3) is 0 Å². The number of rotatable bonds is 0. The second-order valence-corrected chi connectivity index (χ2v) is 3.03. The van der Waals surface area contributed by atoms with Crippen molar-refractivity contribution >= 4 is 11.6 Å². The van der Waals surface area contributed by atoms with Gasteiger partial charge in [-0.3, -0.25) is 0 Å². The Bertz CT molecular complexity index is 308. The van der Waals surface area contributed by atoms with Gasteiger partial charge >= 0.3 is 0 Å². The first-order chi connectivity index (χ1) is 6.79. The maximum atomic E-state index is 11.9. The van der Waals surface area contributed by atoms with Gasteiger partial charge in [0, 0.05) is 5.02 Å². The van der Waals surface area contributed by atoms with Gasteiger partial charge in [-0.05, 0) is 24.3 Å². The van der Waals surface area contributed by atoms with E-state index in [1.165, 1.54) is 12.1 Å². The average Bonchev–Trinajstić information content (AvgIpc) is 2.21. The summed E-state index contributed by atoms with van der Waals surface area (Å²) < 4.78 is 11.9. The predicted octanol–water partition coefficient (Wildman–Crippen LogP) is 4.17. The van der Waals surface area contributed by atoms with Crippen LogP contribution < -0.4 is 0 Å². The van der Waals surface area contributed by atoms with E-state index < -0.39 is 0 Å². The highest BCUT2D eigenvalue weighted by Gasteiger charge is 1.77. The molecule has 0 atom stereocenters. The predicted molar refractivity (Wildman–Crippen MR) is 57.9 cm³/mol. The molecule has 0 saturated heterocycles. The molecule has 2 rings (SSSR count). The highest BCUT2D eigenvalue weighted by atomic mass is 35.5. The molecule has 14 heavy (non-hydrogen) atoms. The first kappa shape index (κ1) is 10.7. The molecule has 2 aromatic carbocycles. The zero-order chi connectivity index (χ0) is 10.2. The Labute approximate surface area is 88.0 Å². The number of halogens is 2. The van der Waals surface area contributed by atoms with Crippen molar-refractivity contribution in [2.24, 2.45) is 0 Å². The molecule has 0 N–H and O–H groups in total. The molecule has 72 valence electrons. The Morgan fingerprint density at radius 1 is 0.714 bits per heavy atom. The summed E-state index contributed by atoms with van der Waals surface area (Å²) in [5.74, 6) is -0.178. The van der Waals surface area contributed by atoms with E-state index in [0.29, 0.717) is 0 Å². The molecule has 0 radical (unpaired) electrons. The van der Waals surface area contributed by atoms with Crippen LogP contribution in [0.5, 0.6) is 0 Å². The molecular formula is C12H10ClF. The highest BCUT2D eigenvalue weighted by Crippen LogP contribution is 2.03. The zero-order valence-corrected chi connectivity index (χ0v) is 8.29. The summed E-state index contributed by atoms with van der Waals surface area (Å²) in [4.78, 5) is 0. The SMILES string of the molecule is Clc1ccccc1.Fc1ccccc1. The van der Waals surface area contributed by atoms with E-state index in [1.54, 1.807) is 18.2 Å². The molecule has 0 aliphatic heterocycles. The van der Waals surface area contributed by atoms with Crippen LogP contribution in [0.1, 0.15) is 0 Å². The van der Waals surface area contributed by atoms with Crippen LogP contribution in [-0.4, -0.2) is 0 Å². The summed E-state index contributed by atoms with van der Waals surface area (Å²) in [5.41, 5.74) is 0. The van der Waals surface area contributed by atoms with E-state index in [1.807, 2.05) is 30.3 Å². The monoisotopic (exact) mass is 208 g/mol. The molecule has 0 amide bonds. The minimum Gasteiger partial charge on any atom is -0.207 e. The van der Waals surface area contributed by atoms with Crippen LogP contribution in [0.4, 0.5) is 4.39 Å². The Hall–Kier alpha value is -1.34. The lowest BCUT2D eigenvalue weighted by Gasteiger charge is -1.80. The lowest BCUT2D eigenvalue weighted by Crippen LogP contribution is -1.63. The topological polar surface area (TPSA) is 0 Å². The van der Waals surface area contributed by atoms with E-state index >= 15 is 0 Å². The van der Waals surface area contributed by atoms with E-state index in [-0.39, 0.29) is 5.82 Å². The largest absolute Gasteiger partial charge is 0.207 e. The first-order valence-electron chi connectivity index (χ1n) is 4.20. The van der Waals surface area contributed by atoms with Gasteiger partial charge in [-0.2, -0.15) is 0 Å². The third kappa shape index (κ3) is 4.63. The first-order valence-corrected chi connectivity index (χ1v) is 4.58. The summed E-state index contributed by atoms with van der Waals surface area (Å²) >= 11 is 5.54. The molecule has 0 nitrogen and oxygen atoms in total. The average molecular weight is 209 g/mol. The van der Waals surface area contributed by atoms with Gasteiger partial charge in [0.05, 0.1) is 0 Å². The maximum Gasteiger partial charge on any atom is 0.123 e.